The Morgan fingerprint density at radius 3 is 2.14 bits per heavy atom. The number of hydrogen-bond donors (Lipinski definition) is 2. The number of nitrogens with two attached hydrogens (primary N) is 2. The lowest BCUT2D eigenvalue weighted by Gasteiger charge is -2.36. The number of rotatable bonds is 4. The highest BCUT2D eigenvalue weighted by Gasteiger charge is 2.25. The third-order valence-corrected chi connectivity index (χ3v) is 2.76. The Bertz CT molecular complexity index is 198. The van der Waals surface area contributed by atoms with Crippen LogP contribution in [0, 0.1) is 5.41 Å². The van der Waals surface area contributed by atoms with Crippen molar-refractivity contribution in [3.8, 4) is 0 Å². The van der Waals surface area contributed by atoms with E-state index in [9.17, 15) is 4.79 Å². The van der Waals surface area contributed by atoms with E-state index in [0.29, 0.717) is 12.6 Å². The maximum Gasteiger partial charge on any atom is 0.235 e. The molecule has 0 rings (SSSR count). The molecule has 0 aliphatic carbocycles. The molecule has 1 amide bonds. The highest BCUT2D eigenvalue weighted by atomic mass is 16.1. The van der Waals surface area contributed by atoms with Gasteiger partial charge < -0.3 is 16.4 Å². The highest BCUT2D eigenvalue weighted by molar-refractivity contribution is 5.79. The fraction of sp³-hybridized carbons (Fsp3) is 0.900. The number of carbonyl (C=O) groups is 1. The average Bonchev–Trinajstić information content (AvgIpc) is 2.00. The van der Waals surface area contributed by atoms with E-state index in [2.05, 4.69) is 32.6 Å². The minimum atomic E-state index is -0.579. The van der Waals surface area contributed by atoms with Crippen LogP contribution < -0.4 is 11.5 Å². The lowest BCUT2D eigenvalue weighted by Crippen LogP contribution is -2.49. The molecule has 0 aromatic rings. The first-order chi connectivity index (χ1) is 6.16. The number of amides is 1. The molecule has 0 saturated heterocycles. The molecule has 4 heteroatoms. The summed E-state index contributed by atoms with van der Waals surface area (Å²) in [6.07, 6.45) is 0. The van der Waals surface area contributed by atoms with Crippen LogP contribution in [0.15, 0.2) is 0 Å². The van der Waals surface area contributed by atoms with Gasteiger partial charge in [0.1, 0.15) is 0 Å². The number of hydrogen-bond acceptors (Lipinski definition) is 3. The quantitative estimate of drug-likeness (QED) is 0.681. The molecule has 0 fully saturated rings. The third kappa shape index (κ3) is 4.07. The molecular weight excluding hydrogens is 178 g/mol. The van der Waals surface area contributed by atoms with Gasteiger partial charge in [-0.05, 0) is 19.4 Å². The highest BCUT2D eigenvalue weighted by Crippen LogP contribution is 2.22. The standard InChI is InChI=1S/C10H23N3O/c1-7(10(2,3)4)13(5)6-8(11)9(12)14/h7-8H,6,11H2,1-5H3,(H2,12,14). The van der Waals surface area contributed by atoms with Crippen LogP contribution in [0.2, 0.25) is 0 Å². The van der Waals surface area contributed by atoms with Gasteiger partial charge in [0.25, 0.3) is 0 Å². The van der Waals surface area contributed by atoms with Gasteiger partial charge in [-0.1, -0.05) is 20.8 Å². The minimum absolute atomic E-state index is 0.173. The van der Waals surface area contributed by atoms with Crippen LogP contribution >= 0.6 is 0 Å². The molecule has 0 spiro atoms. The van der Waals surface area contributed by atoms with Crippen molar-refractivity contribution in [3.05, 3.63) is 0 Å². The molecule has 2 atom stereocenters. The van der Waals surface area contributed by atoms with E-state index in [1.807, 2.05) is 7.05 Å². The average molecular weight is 201 g/mol. The van der Waals surface area contributed by atoms with Crippen LogP contribution in [0.1, 0.15) is 27.7 Å². The zero-order valence-corrected chi connectivity index (χ0v) is 9.87. The van der Waals surface area contributed by atoms with Crippen molar-refractivity contribution in [2.75, 3.05) is 13.6 Å². The smallest absolute Gasteiger partial charge is 0.235 e. The topological polar surface area (TPSA) is 72.3 Å². The Hall–Kier alpha value is -0.610. The molecule has 0 aliphatic heterocycles. The van der Waals surface area contributed by atoms with Crippen molar-refractivity contribution in [2.45, 2.75) is 39.8 Å². The van der Waals surface area contributed by atoms with Gasteiger partial charge in [0.05, 0.1) is 6.04 Å². The first-order valence-electron chi connectivity index (χ1n) is 4.91. The summed E-state index contributed by atoms with van der Waals surface area (Å²) in [5.41, 5.74) is 10.9. The van der Waals surface area contributed by atoms with Crippen LogP contribution in [0.4, 0.5) is 0 Å². The summed E-state index contributed by atoms with van der Waals surface area (Å²) in [7, 11) is 1.96. The summed E-state index contributed by atoms with van der Waals surface area (Å²) < 4.78 is 0. The maximum atomic E-state index is 10.8. The Balaban J connectivity index is 4.21. The van der Waals surface area contributed by atoms with Crippen LogP contribution in [0.5, 0.6) is 0 Å². The van der Waals surface area contributed by atoms with E-state index < -0.39 is 11.9 Å². The van der Waals surface area contributed by atoms with E-state index in [-0.39, 0.29) is 5.41 Å². The molecule has 0 bridgehead atoms. The zero-order valence-electron chi connectivity index (χ0n) is 9.87. The fourth-order valence-corrected chi connectivity index (χ4v) is 1.22. The Morgan fingerprint density at radius 1 is 1.43 bits per heavy atom. The van der Waals surface area contributed by atoms with Crippen molar-refractivity contribution in [3.63, 3.8) is 0 Å². The first-order valence-corrected chi connectivity index (χ1v) is 4.91. The van der Waals surface area contributed by atoms with Gasteiger partial charge in [-0.2, -0.15) is 0 Å². The monoisotopic (exact) mass is 201 g/mol. The Labute approximate surface area is 86.6 Å². The van der Waals surface area contributed by atoms with Crippen molar-refractivity contribution < 1.29 is 4.79 Å². The predicted octanol–water partition coefficient (Wildman–Crippen LogP) is 0.165. The van der Waals surface area contributed by atoms with Crippen LogP contribution in [0.25, 0.3) is 0 Å². The molecule has 0 radical (unpaired) electrons. The second-order valence-electron chi connectivity index (χ2n) is 4.99. The molecule has 2 unspecified atom stereocenters. The maximum absolute atomic E-state index is 10.8. The van der Waals surface area contributed by atoms with Gasteiger partial charge in [-0.3, -0.25) is 4.79 Å². The second-order valence-corrected chi connectivity index (χ2v) is 4.99. The second kappa shape index (κ2) is 4.75. The number of primary amides is 1. The molecule has 4 N–H and O–H groups in total. The van der Waals surface area contributed by atoms with E-state index >= 15 is 0 Å². The van der Waals surface area contributed by atoms with Crippen molar-refractivity contribution in [1.82, 2.24) is 4.90 Å². The fourth-order valence-electron chi connectivity index (χ4n) is 1.22. The molecule has 84 valence electrons. The first kappa shape index (κ1) is 13.4. The van der Waals surface area contributed by atoms with Crippen LogP contribution in [0.3, 0.4) is 0 Å². The molecule has 14 heavy (non-hydrogen) atoms. The molecular formula is C10H23N3O. The van der Waals surface area contributed by atoms with Crippen LogP contribution in [-0.4, -0.2) is 36.5 Å². The number of likely N-dealkylation sites (N-methyl/N-ethyl adjacent to an activating group) is 1. The molecule has 0 heterocycles. The SMILES string of the molecule is CC(N(C)CC(N)C(N)=O)C(C)(C)C. The van der Waals surface area contributed by atoms with E-state index in [4.69, 9.17) is 11.5 Å². The van der Waals surface area contributed by atoms with Crippen molar-refractivity contribution in [2.24, 2.45) is 16.9 Å². The molecule has 0 aromatic heterocycles. The van der Waals surface area contributed by atoms with Gasteiger partial charge >= 0.3 is 0 Å². The summed E-state index contributed by atoms with van der Waals surface area (Å²) in [6, 6.07) is -0.224. The van der Waals surface area contributed by atoms with E-state index in [1.54, 1.807) is 0 Å². The van der Waals surface area contributed by atoms with Gasteiger partial charge in [-0.25, -0.2) is 0 Å². The lowest BCUT2D eigenvalue weighted by molar-refractivity contribution is -0.119. The van der Waals surface area contributed by atoms with Gasteiger partial charge in [0.2, 0.25) is 5.91 Å². The summed E-state index contributed by atoms with van der Waals surface area (Å²) >= 11 is 0. The normalized spacial score (nSPS) is 16.8. The Morgan fingerprint density at radius 2 is 1.86 bits per heavy atom. The van der Waals surface area contributed by atoms with Crippen molar-refractivity contribution in [1.29, 1.82) is 0 Å². The predicted molar refractivity (Wildman–Crippen MR) is 58.7 cm³/mol. The summed E-state index contributed by atoms with van der Waals surface area (Å²) in [4.78, 5) is 12.8. The summed E-state index contributed by atoms with van der Waals surface area (Å²) in [5.74, 6) is -0.446. The number of nitrogens with zero attached hydrogens (tertiary/aromatic N) is 1. The van der Waals surface area contributed by atoms with Crippen LogP contribution in [-0.2, 0) is 4.79 Å². The molecule has 4 nitrogen and oxygen atoms in total. The Kier molecular flexibility index (Phi) is 4.55. The van der Waals surface area contributed by atoms with Gasteiger partial charge in [0.15, 0.2) is 0 Å². The van der Waals surface area contributed by atoms with Gasteiger partial charge in [-0.15, -0.1) is 0 Å². The lowest BCUT2D eigenvalue weighted by atomic mass is 9.87. The van der Waals surface area contributed by atoms with Gasteiger partial charge in [0, 0.05) is 12.6 Å². The summed E-state index contributed by atoms with van der Waals surface area (Å²) in [5, 5.41) is 0. The minimum Gasteiger partial charge on any atom is -0.368 e. The van der Waals surface area contributed by atoms with Crippen molar-refractivity contribution >= 4 is 5.91 Å². The molecule has 0 aliphatic rings. The van der Waals surface area contributed by atoms with E-state index in [0.717, 1.165) is 0 Å². The summed E-state index contributed by atoms with van der Waals surface area (Å²) in [6.45, 7) is 9.10. The zero-order chi connectivity index (χ0) is 11.5. The van der Waals surface area contributed by atoms with E-state index in [1.165, 1.54) is 0 Å². The molecule has 0 aromatic carbocycles. The third-order valence-electron chi connectivity index (χ3n) is 2.76. The largest absolute Gasteiger partial charge is 0.368 e. The number of carbonyl (C=O) groups excluding carboxylic acids is 1. The molecule has 0 saturated carbocycles.